The molecule has 0 aliphatic heterocycles. The highest BCUT2D eigenvalue weighted by molar-refractivity contribution is 5.94. The monoisotopic (exact) mass is 336 g/mol. The van der Waals surface area contributed by atoms with Gasteiger partial charge in [-0.25, -0.2) is 0 Å². The Morgan fingerprint density at radius 2 is 1.84 bits per heavy atom. The van der Waals surface area contributed by atoms with E-state index in [0.29, 0.717) is 30.3 Å². The molecule has 132 valence electrons. The van der Waals surface area contributed by atoms with Crippen molar-refractivity contribution >= 4 is 11.6 Å². The third-order valence-electron chi connectivity index (χ3n) is 8.56. The fourth-order valence-electron chi connectivity index (χ4n) is 7.04. The highest BCUT2D eigenvalue weighted by Crippen LogP contribution is 2.70. The molecule has 0 aromatic heterocycles. The number of hydrogen-bond donors (Lipinski definition) is 0. The second-order valence-electron chi connectivity index (χ2n) is 9.63. The number of ketones is 2. The van der Waals surface area contributed by atoms with E-state index in [0.717, 1.165) is 38.5 Å². The second kappa shape index (κ2) is 4.64. The van der Waals surface area contributed by atoms with Crippen molar-refractivity contribution in [3.63, 3.8) is 0 Å². The fraction of sp³-hybridized carbons (Fsp3) is 0.652. The summed E-state index contributed by atoms with van der Waals surface area (Å²) in [5.74, 6) is 1.23. The summed E-state index contributed by atoms with van der Waals surface area (Å²) in [7, 11) is 0. The van der Waals surface area contributed by atoms with Crippen LogP contribution in [0.25, 0.3) is 0 Å². The quantitative estimate of drug-likeness (QED) is 0.577. The van der Waals surface area contributed by atoms with Gasteiger partial charge in [0.1, 0.15) is 11.6 Å². The SMILES string of the molecule is C[C@@H]1C=C2CC(=O)CCC2(C)C2=C1C1=CC[C@@]3(C)CCC(=O)C13CC2. The number of fused-ring (bicyclic) bond motifs is 3. The summed E-state index contributed by atoms with van der Waals surface area (Å²) in [5, 5.41) is 0. The van der Waals surface area contributed by atoms with Gasteiger partial charge in [0.05, 0.1) is 5.41 Å². The van der Waals surface area contributed by atoms with Crippen LogP contribution in [0.15, 0.2) is 34.4 Å². The molecule has 0 radical (unpaired) electrons. The first-order chi connectivity index (χ1) is 11.8. The molecule has 2 heteroatoms. The molecule has 5 aliphatic carbocycles. The molecule has 5 rings (SSSR count). The van der Waals surface area contributed by atoms with Gasteiger partial charge in [0, 0.05) is 24.7 Å². The zero-order valence-electron chi connectivity index (χ0n) is 15.7. The van der Waals surface area contributed by atoms with E-state index in [1.54, 1.807) is 5.57 Å². The Hall–Kier alpha value is -1.44. The molecule has 0 aromatic carbocycles. The Labute approximate surface area is 150 Å². The van der Waals surface area contributed by atoms with E-state index in [9.17, 15) is 9.59 Å². The van der Waals surface area contributed by atoms with Crippen molar-refractivity contribution in [3.05, 3.63) is 34.4 Å². The topological polar surface area (TPSA) is 34.1 Å². The van der Waals surface area contributed by atoms with E-state index in [-0.39, 0.29) is 16.2 Å². The maximum atomic E-state index is 13.1. The molecule has 5 aliphatic rings. The van der Waals surface area contributed by atoms with Crippen LogP contribution in [0.1, 0.15) is 72.1 Å². The zero-order chi connectivity index (χ0) is 17.6. The Bertz CT molecular complexity index is 810. The van der Waals surface area contributed by atoms with Gasteiger partial charge in [-0.1, -0.05) is 44.1 Å². The van der Waals surface area contributed by atoms with Crippen molar-refractivity contribution in [1.29, 1.82) is 0 Å². The summed E-state index contributed by atoms with van der Waals surface area (Å²) in [4.78, 5) is 25.1. The first kappa shape index (κ1) is 15.8. The van der Waals surface area contributed by atoms with Crippen molar-refractivity contribution in [2.24, 2.45) is 22.2 Å². The Morgan fingerprint density at radius 1 is 1.04 bits per heavy atom. The third kappa shape index (κ3) is 1.67. The first-order valence-electron chi connectivity index (χ1n) is 10.0. The minimum atomic E-state index is -0.202. The van der Waals surface area contributed by atoms with E-state index < -0.39 is 0 Å². The molecule has 0 N–H and O–H groups in total. The summed E-state index contributed by atoms with van der Waals surface area (Å²) in [6, 6.07) is 0. The number of carbonyl (C=O) groups excluding carboxylic acids is 2. The summed E-state index contributed by atoms with van der Waals surface area (Å²) < 4.78 is 0. The zero-order valence-corrected chi connectivity index (χ0v) is 15.7. The molecule has 2 nitrogen and oxygen atoms in total. The molecular weight excluding hydrogens is 308 g/mol. The standard InChI is InChI=1S/C23H28O2/c1-14-12-15-13-16(24)4-10-22(15,3)17-6-11-23-18(20(14)17)5-8-21(23,2)9-7-19(23)25/h5,12,14H,4,6-11,13H2,1-3H3/t14-,21+,22?,23?/m1/s1. The van der Waals surface area contributed by atoms with Gasteiger partial charge >= 0.3 is 0 Å². The predicted octanol–water partition coefficient (Wildman–Crippen LogP) is 5.10. The molecule has 0 saturated heterocycles. The minimum Gasteiger partial charge on any atom is -0.299 e. The van der Waals surface area contributed by atoms with Crippen LogP contribution in [0.4, 0.5) is 0 Å². The third-order valence-corrected chi connectivity index (χ3v) is 8.56. The van der Waals surface area contributed by atoms with E-state index in [2.05, 4.69) is 32.9 Å². The van der Waals surface area contributed by atoms with Crippen LogP contribution in [0.3, 0.4) is 0 Å². The Balaban J connectivity index is 1.68. The largest absolute Gasteiger partial charge is 0.299 e. The maximum Gasteiger partial charge on any atom is 0.143 e. The van der Waals surface area contributed by atoms with Crippen LogP contribution in [0.5, 0.6) is 0 Å². The van der Waals surface area contributed by atoms with Gasteiger partial charge in [0.15, 0.2) is 0 Å². The summed E-state index contributed by atoms with van der Waals surface area (Å²) in [6.07, 6.45) is 12.0. The summed E-state index contributed by atoms with van der Waals surface area (Å²) >= 11 is 0. The molecule has 1 spiro atoms. The van der Waals surface area contributed by atoms with E-state index in [1.165, 1.54) is 16.7 Å². The van der Waals surface area contributed by atoms with Crippen LogP contribution >= 0.6 is 0 Å². The number of Topliss-reactive ketones (excluding diaryl/α,β-unsaturated/α-hetero) is 2. The molecular formula is C23H28O2. The normalized spacial score (nSPS) is 45.5. The van der Waals surface area contributed by atoms with Crippen molar-refractivity contribution in [1.82, 2.24) is 0 Å². The number of rotatable bonds is 0. The lowest BCUT2D eigenvalue weighted by molar-refractivity contribution is -0.127. The average molecular weight is 336 g/mol. The van der Waals surface area contributed by atoms with Gasteiger partial charge < -0.3 is 0 Å². The highest BCUT2D eigenvalue weighted by Gasteiger charge is 2.64. The molecule has 4 atom stereocenters. The molecule has 0 bridgehead atoms. The Kier molecular flexibility index (Phi) is 2.93. The summed E-state index contributed by atoms with van der Waals surface area (Å²) in [6.45, 7) is 6.98. The second-order valence-corrected chi connectivity index (χ2v) is 9.63. The lowest BCUT2D eigenvalue weighted by atomic mass is 9.51. The molecule has 0 aromatic rings. The lowest BCUT2D eigenvalue weighted by Crippen LogP contribution is -2.45. The first-order valence-corrected chi connectivity index (χ1v) is 10.0. The molecule has 25 heavy (non-hydrogen) atoms. The van der Waals surface area contributed by atoms with Crippen molar-refractivity contribution in [2.75, 3.05) is 0 Å². The summed E-state index contributed by atoms with van der Waals surface area (Å²) in [5.41, 5.74) is 5.78. The van der Waals surface area contributed by atoms with Crippen molar-refractivity contribution < 1.29 is 9.59 Å². The van der Waals surface area contributed by atoms with Gasteiger partial charge in [-0.2, -0.15) is 0 Å². The molecule has 2 fully saturated rings. The van der Waals surface area contributed by atoms with Gasteiger partial charge in [-0.15, -0.1) is 0 Å². The minimum absolute atomic E-state index is 0.0544. The van der Waals surface area contributed by atoms with Crippen LogP contribution in [-0.2, 0) is 9.59 Å². The maximum absolute atomic E-state index is 13.1. The van der Waals surface area contributed by atoms with E-state index >= 15 is 0 Å². The van der Waals surface area contributed by atoms with E-state index in [1.807, 2.05) is 0 Å². The van der Waals surface area contributed by atoms with Crippen molar-refractivity contribution in [3.8, 4) is 0 Å². The Morgan fingerprint density at radius 3 is 2.64 bits per heavy atom. The molecule has 0 amide bonds. The number of carbonyl (C=O) groups is 2. The van der Waals surface area contributed by atoms with Gasteiger partial charge in [0.2, 0.25) is 0 Å². The van der Waals surface area contributed by atoms with Gasteiger partial charge in [-0.05, 0) is 54.6 Å². The molecule has 2 saturated carbocycles. The number of allylic oxidation sites excluding steroid dienone is 6. The van der Waals surface area contributed by atoms with Crippen LogP contribution in [0.2, 0.25) is 0 Å². The van der Waals surface area contributed by atoms with Gasteiger partial charge in [-0.3, -0.25) is 9.59 Å². The molecule has 2 unspecified atom stereocenters. The number of hydrogen-bond acceptors (Lipinski definition) is 2. The van der Waals surface area contributed by atoms with Crippen LogP contribution in [0, 0.1) is 22.2 Å². The van der Waals surface area contributed by atoms with Crippen molar-refractivity contribution in [2.45, 2.75) is 72.1 Å². The average Bonchev–Trinajstić information content (AvgIpc) is 3.01. The van der Waals surface area contributed by atoms with Crippen LogP contribution in [-0.4, -0.2) is 11.6 Å². The van der Waals surface area contributed by atoms with Crippen LogP contribution < -0.4 is 0 Å². The van der Waals surface area contributed by atoms with Gasteiger partial charge in [0.25, 0.3) is 0 Å². The predicted molar refractivity (Wildman–Crippen MR) is 98.0 cm³/mol. The smallest absolute Gasteiger partial charge is 0.143 e. The molecule has 0 heterocycles. The fourth-order valence-corrected chi connectivity index (χ4v) is 7.04. The lowest BCUT2D eigenvalue weighted by Gasteiger charge is -2.51. The highest BCUT2D eigenvalue weighted by atomic mass is 16.1. The van der Waals surface area contributed by atoms with E-state index in [4.69, 9.17) is 0 Å².